The molecule has 0 bridgehead atoms. The molecule has 1 unspecified atom stereocenters. The molecule has 96 valence electrons. The third kappa shape index (κ3) is 3.95. The van der Waals surface area contributed by atoms with Crippen LogP contribution >= 0.6 is 27.5 Å². The molecular weight excluding hydrogens is 300 g/mol. The van der Waals surface area contributed by atoms with Crippen LogP contribution in [0.2, 0.25) is 5.02 Å². The Morgan fingerprint density at radius 2 is 2.12 bits per heavy atom. The Hall–Kier alpha value is -0.0900. The van der Waals surface area contributed by atoms with E-state index < -0.39 is 0 Å². The highest BCUT2D eigenvalue weighted by Crippen LogP contribution is 2.29. The van der Waals surface area contributed by atoms with Gasteiger partial charge in [-0.2, -0.15) is 0 Å². The summed E-state index contributed by atoms with van der Waals surface area (Å²) in [5, 5.41) is 0.790. The van der Waals surface area contributed by atoms with Gasteiger partial charge in [0.25, 0.3) is 0 Å². The van der Waals surface area contributed by atoms with Gasteiger partial charge in [0.1, 0.15) is 0 Å². The zero-order chi connectivity index (χ0) is 12.8. The first-order valence-corrected chi connectivity index (χ1v) is 7.20. The fraction of sp³-hybridized carbons (Fsp3) is 0.538. The molecule has 0 aliphatic rings. The number of hydrogen-bond acceptors (Lipinski definition) is 2. The van der Waals surface area contributed by atoms with E-state index in [0.29, 0.717) is 6.54 Å². The average molecular weight is 320 g/mol. The fourth-order valence-electron chi connectivity index (χ4n) is 2.06. The van der Waals surface area contributed by atoms with Crippen molar-refractivity contribution in [2.45, 2.75) is 26.3 Å². The molecule has 0 saturated carbocycles. The lowest BCUT2D eigenvalue weighted by Crippen LogP contribution is -2.34. The Kier molecular flexibility index (Phi) is 6.49. The molecule has 0 radical (unpaired) electrons. The highest BCUT2D eigenvalue weighted by molar-refractivity contribution is 9.10. The van der Waals surface area contributed by atoms with Crippen molar-refractivity contribution < 1.29 is 0 Å². The molecule has 1 aromatic carbocycles. The maximum Gasteiger partial charge on any atom is 0.0485 e. The van der Waals surface area contributed by atoms with Crippen LogP contribution in [0.15, 0.2) is 22.7 Å². The summed E-state index contributed by atoms with van der Waals surface area (Å²) in [6.45, 7) is 6.95. The Bertz CT molecular complexity index is 357. The summed E-state index contributed by atoms with van der Waals surface area (Å²) in [6, 6.07) is 6.14. The first kappa shape index (κ1) is 15.0. The van der Waals surface area contributed by atoms with Crippen LogP contribution in [-0.4, -0.2) is 24.5 Å². The second kappa shape index (κ2) is 7.37. The lowest BCUT2D eigenvalue weighted by molar-refractivity contribution is 0.213. The van der Waals surface area contributed by atoms with E-state index in [1.54, 1.807) is 0 Å². The Morgan fingerprint density at radius 3 is 2.65 bits per heavy atom. The lowest BCUT2D eigenvalue weighted by Gasteiger charge is -2.30. The second-order valence-electron chi connectivity index (χ2n) is 4.05. The van der Waals surface area contributed by atoms with Crippen molar-refractivity contribution in [1.29, 1.82) is 0 Å². The van der Waals surface area contributed by atoms with Crippen molar-refractivity contribution in [1.82, 2.24) is 4.90 Å². The largest absolute Gasteiger partial charge is 0.329 e. The quantitative estimate of drug-likeness (QED) is 0.863. The number of nitrogens with two attached hydrogens (primary N) is 1. The Labute approximate surface area is 117 Å². The summed E-state index contributed by atoms with van der Waals surface area (Å²) in [7, 11) is 0. The summed E-state index contributed by atoms with van der Waals surface area (Å²) in [5.41, 5.74) is 7.02. The molecule has 0 heterocycles. The third-order valence-electron chi connectivity index (χ3n) is 2.90. The van der Waals surface area contributed by atoms with Crippen LogP contribution in [-0.2, 0) is 0 Å². The smallest absolute Gasteiger partial charge is 0.0485 e. The zero-order valence-electron chi connectivity index (χ0n) is 10.4. The van der Waals surface area contributed by atoms with Crippen LogP contribution in [0.25, 0.3) is 0 Å². The van der Waals surface area contributed by atoms with Crippen LogP contribution in [0, 0.1) is 0 Å². The van der Waals surface area contributed by atoms with Gasteiger partial charge < -0.3 is 5.73 Å². The highest BCUT2D eigenvalue weighted by atomic mass is 79.9. The standard InChI is InChI=1S/C13H20BrClN2/c1-3-7-17(4-2)13(9-16)11-8-10(14)5-6-12(11)15/h5-6,8,13H,3-4,7,9,16H2,1-2H3. The molecule has 0 aromatic heterocycles. The first-order valence-electron chi connectivity index (χ1n) is 6.03. The third-order valence-corrected chi connectivity index (χ3v) is 3.74. The summed E-state index contributed by atoms with van der Waals surface area (Å²) < 4.78 is 1.04. The van der Waals surface area contributed by atoms with Crippen LogP contribution in [0.5, 0.6) is 0 Å². The van der Waals surface area contributed by atoms with Crippen LogP contribution in [0.1, 0.15) is 31.9 Å². The number of halogens is 2. The molecule has 1 atom stereocenters. The zero-order valence-corrected chi connectivity index (χ0v) is 12.8. The monoisotopic (exact) mass is 318 g/mol. The minimum atomic E-state index is 0.199. The van der Waals surface area contributed by atoms with Crippen molar-refractivity contribution in [2.75, 3.05) is 19.6 Å². The summed E-state index contributed by atoms with van der Waals surface area (Å²) in [4.78, 5) is 2.37. The second-order valence-corrected chi connectivity index (χ2v) is 5.37. The molecule has 0 amide bonds. The van der Waals surface area contributed by atoms with E-state index in [1.165, 1.54) is 0 Å². The fourth-order valence-corrected chi connectivity index (χ4v) is 2.69. The first-order chi connectivity index (χ1) is 8.13. The molecular formula is C13H20BrClN2. The van der Waals surface area contributed by atoms with Gasteiger partial charge in [-0.05, 0) is 43.3 Å². The topological polar surface area (TPSA) is 29.3 Å². The maximum atomic E-state index is 6.27. The van der Waals surface area contributed by atoms with Crippen molar-refractivity contribution in [3.63, 3.8) is 0 Å². The van der Waals surface area contributed by atoms with Crippen molar-refractivity contribution in [3.8, 4) is 0 Å². The van der Waals surface area contributed by atoms with Crippen molar-refractivity contribution >= 4 is 27.5 Å². The predicted molar refractivity (Wildman–Crippen MR) is 78.5 cm³/mol. The minimum Gasteiger partial charge on any atom is -0.329 e. The van der Waals surface area contributed by atoms with Gasteiger partial charge in [-0.1, -0.05) is 41.4 Å². The molecule has 1 rings (SSSR count). The molecule has 0 fully saturated rings. The molecule has 0 spiro atoms. The molecule has 2 N–H and O–H groups in total. The lowest BCUT2D eigenvalue weighted by atomic mass is 10.0. The number of nitrogens with zero attached hydrogens (tertiary/aromatic N) is 1. The van der Waals surface area contributed by atoms with E-state index in [1.807, 2.05) is 12.1 Å². The molecule has 0 saturated heterocycles. The van der Waals surface area contributed by atoms with Crippen LogP contribution < -0.4 is 5.73 Å². The maximum absolute atomic E-state index is 6.27. The van der Waals surface area contributed by atoms with Gasteiger partial charge in [0.15, 0.2) is 0 Å². The van der Waals surface area contributed by atoms with E-state index in [4.69, 9.17) is 17.3 Å². The van der Waals surface area contributed by atoms with Gasteiger partial charge in [-0.25, -0.2) is 0 Å². The van der Waals surface area contributed by atoms with E-state index in [0.717, 1.165) is 34.6 Å². The van der Waals surface area contributed by atoms with Crippen LogP contribution in [0.3, 0.4) is 0 Å². The molecule has 17 heavy (non-hydrogen) atoms. The predicted octanol–water partition coefficient (Wildman–Crippen LogP) is 3.83. The van der Waals surface area contributed by atoms with Crippen molar-refractivity contribution in [3.05, 3.63) is 33.3 Å². The van der Waals surface area contributed by atoms with Gasteiger partial charge >= 0.3 is 0 Å². The van der Waals surface area contributed by atoms with Crippen molar-refractivity contribution in [2.24, 2.45) is 5.73 Å². The molecule has 0 aliphatic carbocycles. The summed E-state index contributed by atoms with van der Waals surface area (Å²) in [6.07, 6.45) is 1.12. The highest BCUT2D eigenvalue weighted by Gasteiger charge is 2.19. The van der Waals surface area contributed by atoms with Gasteiger partial charge in [-0.3, -0.25) is 4.90 Å². The van der Waals surface area contributed by atoms with E-state index in [-0.39, 0.29) is 6.04 Å². The number of rotatable bonds is 6. The van der Waals surface area contributed by atoms with Gasteiger partial charge in [0.05, 0.1) is 0 Å². The van der Waals surface area contributed by atoms with Gasteiger partial charge in [-0.15, -0.1) is 0 Å². The SMILES string of the molecule is CCCN(CC)C(CN)c1cc(Br)ccc1Cl. The molecule has 4 heteroatoms. The average Bonchev–Trinajstić information content (AvgIpc) is 2.33. The number of likely N-dealkylation sites (N-methyl/N-ethyl adjacent to an activating group) is 1. The number of benzene rings is 1. The van der Waals surface area contributed by atoms with E-state index in [2.05, 4.69) is 40.7 Å². The van der Waals surface area contributed by atoms with Gasteiger partial charge in [0, 0.05) is 22.1 Å². The molecule has 2 nitrogen and oxygen atoms in total. The van der Waals surface area contributed by atoms with Crippen LogP contribution in [0.4, 0.5) is 0 Å². The molecule has 1 aromatic rings. The summed E-state index contributed by atoms with van der Waals surface area (Å²) >= 11 is 9.75. The minimum absolute atomic E-state index is 0.199. The number of hydrogen-bond donors (Lipinski definition) is 1. The Balaban J connectivity index is 3.02. The van der Waals surface area contributed by atoms with E-state index in [9.17, 15) is 0 Å². The Morgan fingerprint density at radius 1 is 1.41 bits per heavy atom. The summed E-state index contributed by atoms with van der Waals surface area (Å²) in [5.74, 6) is 0. The van der Waals surface area contributed by atoms with E-state index >= 15 is 0 Å². The van der Waals surface area contributed by atoms with Gasteiger partial charge in [0.2, 0.25) is 0 Å². The molecule has 0 aliphatic heterocycles. The normalized spacial score (nSPS) is 13.1.